The van der Waals surface area contributed by atoms with E-state index in [1.54, 1.807) is 0 Å². The van der Waals surface area contributed by atoms with Crippen molar-refractivity contribution >= 4 is 0 Å². The Hall–Kier alpha value is -1.85. The van der Waals surface area contributed by atoms with Crippen LogP contribution >= 0.6 is 0 Å². The number of aryl methyl sites for hydroxylation is 1. The van der Waals surface area contributed by atoms with Crippen LogP contribution in [0.3, 0.4) is 0 Å². The van der Waals surface area contributed by atoms with E-state index in [4.69, 9.17) is 0 Å². The highest BCUT2D eigenvalue weighted by atomic mass is 19.1. The molecule has 0 bridgehead atoms. The van der Waals surface area contributed by atoms with Gasteiger partial charge in [-0.3, -0.25) is 4.98 Å². The Morgan fingerprint density at radius 3 is 2.45 bits per heavy atom. The first kappa shape index (κ1) is 14.6. The summed E-state index contributed by atoms with van der Waals surface area (Å²) in [5, 5.41) is 12.8. The number of aliphatic hydroxyl groups is 1. The molecule has 0 amide bonds. The maximum atomic E-state index is 13.5. The quantitative estimate of drug-likeness (QED) is 0.883. The van der Waals surface area contributed by atoms with Gasteiger partial charge in [0.2, 0.25) is 0 Å². The van der Waals surface area contributed by atoms with Crippen molar-refractivity contribution in [3.05, 3.63) is 65.0 Å². The molecule has 0 aliphatic heterocycles. The summed E-state index contributed by atoms with van der Waals surface area (Å²) in [5.74, 6) is -1.49. The lowest BCUT2D eigenvalue weighted by Gasteiger charge is -2.13. The zero-order valence-electron chi connectivity index (χ0n) is 11.1. The lowest BCUT2D eigenvalue weighted by Crippen LogP contribution is -2.23. The van der Waals surface area contributed by atoms with E-state index in [1.165, 1.54) is 6.07 Å². The number of rotatable bonds is 5. The fourth-order valence-electron chi connectivity index (χ4n) is 1.97. The zero-order chi connectivity index (χ0) is 14.5. The van der Waals surface area contributed by atoms with Crippen molar-refractivity contribution in [2.45, 2.75) is 19.6 Å². The summed E-state index contributed by atoms with van der Waals surface area (Å²) in [4.78, 5) is 4.29. The molecule has 2 aromatic rings. The number of nitrogens with one attached hydrogen (secondary N) is 1. The van der Waals surface area contributed by atoms with Gasteiger partial charge in [0, 0.05) is 18.8 Å². The average molecular weight is 278 g/mol. The van der Waals surface area contributed by atoms with Crippen molar-refractivity contribution in [3.8, 4) is 0 Å². The lowest BCUT2D eigenvalue weighted by atomic mass is 10.1. The van der Waals surface area contributed by atoms with Crippen LogP contribution in [0, 0.1) is 18.6 Å². The van der Waals surface area contributed by atoms with E-state index in [-0.39, 0.29) is 12.1 Å². The maximum absolute atomic E-state index is 13.5. The number of pyridine rings is 1. The van der Waals surface area contributed by atoms with Gasteiger partial charge < -0.3 is 10.4 Å². The third-order valence-electron chi connectivity index (χ3n) is 2.92. The van der Waals surface area contributed by atoms with Gasteiger partial charge in [0.25, 0.3) is 0 Å². The van der Waals surface area contributed by atoms with Crippen LogP contribution < -0.4 is 5.32 Å². The molecular weight excluding hydrogens is 262 g/mol. The highest BCUT2D eigenvalue weighted by Gasteiger charge is 2.17. The summed E-state index contributed by atoms with van der Waals surface area (Å²) in [6.45, 7) is 2.36. The highest BCUT2D eigenvalue weighted by Crippen LogP contribution is 2.19. The van der Waals surface area contributed by atoms with Gasteiger partial charge in [0.1, 0.15) is 11.6 Å². The minimum atomic E-state index is -1.24. The van der Waals surface area contributed by atoms with Gasteiger partial charge in [0.05, 0.1) is 17.4 Å². The van der Waals surface area contributed by atoms with Gasteiger partial charge in [-0.05, 0) is 31.2 Å². The molecule has 20 heavy (non-hydrogen) atoms. The molecule has 0 saturated heterocycles. The van der Waals surface area contributed by atoms with E-state index >= 15 is 0 Å². The van der Waals surface area contributed by atoms with Crippen molar-refractivity contribution in [1.29, 1.82) is 0 Å². The molecule has 0 aliphatic carbocycles. The maximum Gasteiger partial charge on any atom is 0.131 e. The van der Waals surface area contributed by atoms with Gasteiger partial charge in [0.15, 0.2) is 0 Å². The van der Waals surface area contributed by atoms with Crippen LogP contribution in [0.15, 0.2) is 36.4 Å². The first-order valence-electron chi connectivity index (χ1n) is 6.33. The molecule has 3 nitrogen and oxygen atoms in total. The molecule has 2 rings (SSSR count). The number of aromatic nitrogens is 1. The summed E-state index contributed by atoms with van der Waals surface area (Å²) in [7, 11) is 0. The number of hydrogen-bond acceptors (Lipinski definition) is 3. The van der Waals surface area contributed by atoms with Crippen LogP contribution in [0.4, 0.5) is 8.78 Å². The van der Waals surface area contributed by atoms with E-state index < -0.39 is 17.7 Å². The Bertz CT molecular complexity index is 570. The summed E-state index contributed by atoms with van der Waals surface area (Å²) >= 11 is 0. The molecule has 1 unspecified atom stereocenters. The number of halogens is 2. The molecule has 0 spiro atoms. The summed E-state index contributed by atoms with van der Waals surface area (Å²) in [6, 6.07) is 9.13. The van der Waals surface area contributed by atoms with Crippen LogP contribution in [0.25, 0.3) is 0 Å². The van der Waals surface area contributed by atoms with E-state index in [0.29, 0.717) is 6.54 Å². The summed E-state index contributed by atoms with van der Waals surface area (Å²) in [6.07, 6.45) is -1.24. The van der Waals surface area contributed by atoms with Gasteiger partial charge in [-0.1, -0.05) is 12.1 Å². The fraction of sp³-hybridized carbons (Fsp3) is 0.267. The number of nitrogens with zero attached hydrogens (tertiary/aromatic N) is 1. The molecule has 2 N–H and O–H groups in total. The van der Waals surface area contributed by atoms with E-state index in [0.717, 1.165) is 23.5 Å². The SMILES string of the molecule is Cc1cccc(CNCC(O)c2c(F)cccc2F)n1. The molecule has 0 aliphatic rings. The first-order valence-corrected chi connectivity index (χ1v) is 6.33. The van der Waals surface area contributed by atoms with E-state index in [9.17, 15) is 13.9 Å². The first-order chi connectivity index (χ1) is 9.58. The van der Waals surface area contributed by atoms with Gasteiger partial charge in [-0.25, -0.2) is 8.78 Å². The monoisotopic (exact) mass is 278 g/mol. The number of benzene rings is 1. The smallest absolute Gasteiger partial charge is 0.131 e. The highest BCUT2D eigenvalue weighted by molar-refractivity contribution is 5.22. The average Bonchev–Trinajstić information content (AvgIpc) is 2.38. The third-order valence-corrected chi connectivity index (χ3v) is 2.92. The minimum Gasteiger partial charge on any atom is -0.387 e. The second-order valence-electron chi connectivity index (χ2n) is 4.55. The predicted octanol–water partition coefficient (Wildman–Crippen LogP) is 2.49. The van der Waals surface area contributed by atoms with Crippen LogP contribution in [-0.4, -0.2) is 16.6 Å². The molecule has 0 saturated carbocycles. The van der Waals surface area contributed by atoms with Crippen LogP contribution in [0.1, 0.15) is 23.1 Å². The standard InChI is InChI=1S/C15H16F2N2O/c1-10-4-2-5-11(19-10)8-18-9-14(20)15-12(16)6-3-7-13(15)17/h2-7,14,18,20H,8-9H2,1H3. The van der Waals surface area contributed by atoms with Crippen molar-refractivity contribution in [1.82, 2.24) is 10.3 Å². The summed E-state index contributed by atoms with van der Waals surface area (Å²) < 4.78 is 26.9. The zero-order valence-corrected chi connectivity index (χ0v) is 11.1. The van der Waals surface area contributed by atoms with Crippen molar-refractivity contribution in [2.24, 2.45) is 0 Å². The van der Waals surface area contributed by atoms with Crippen LogP contribution in [0.5, 0.6) is 0 Å². The Kier molecular flexibility index (Phi) is 4.76. The van der Waals surface area contributed by atoms with Crippen molar-refractivity contribution in [3.63, 3.8) is 0 Å². The minimum absolute atomic E-state index is 0.0491. The number of aliphatic hydroxyl groups excluding tert-OH is 1. The van der Waals surface area contributed by atoms with Gasteiger partial charge >= 0.3 is 0 Å². The second kappa shape index (κ2) is 6.54. The number of hydrogen-bond donors (Lipinski definition) is 2. The molecule has 1 heterocycles. The Labute approximate surface area is 116 Å². The van der Waals surface area contributed by atoms with Crippen LogP contribution in [-0.2, 0) is 6.54 Å². The molecule has 1 aromatic heterocycles. The Balaban J connectivity index is 1.94. The van der Waals surface area contributed by atoms with Crippen LogP contribution in [0.2, 0.25) is 0 Å². The molecule has 0 fully saturated rings. The van der Waals surface area contributed by atoms with Crippen molar-refractivity contribution < 1.29 is 13.9 Å². The lowest BCUT2D eigenvalue weighted by molar-refractivity contribution is 0.164. The molecule has 5 heteroatoms. The second-order valence-corrected chi connectivity index (χ2v) is 4.55. The molecule has 0 radical (unpaired) electrons. The third kappa shape index (κ3) is 3.59. The van der Waals surface area contributed by atoms with E-state index in [2.05, 4.69) is 10.3 Å². The Morgan fingerprint density at radius 2 is 1.80 bits per heavy atom. The van der Waals surface area contributed by atoms with E-state index in [1.807, 2.05) is 25.1 Å². The fourth-order valence-corrected chi connectivity index (χ4v) is 1.97. The Morgan fingerprint density at radius 1 is 1.15 bits per heavy atom. The van der Waals surface area contributed by atoms with Crippen molar-refractivity contribution in [2.75, 3.05) is 6.54 Å². The largest absolute Gasteiger partial charge is 0.387 e. The van der Waals surface area contributed by atoms with Gasteiger partial charge in [-0.2, -0.15) is 0 Å². The topological polar surface area (TPSA) is 45.1 Å². The normalized spacial score (nSPS) is 12.4. The molecule has 1 aromatic carbocycles. The molecular formula is C15H16F2N2O. The molecule has 1 atom stereocenters. The summed E-state index contributed by atoms with van der Waals surface area (Å²) in [5.41, 5.74) is 1.40. The molecule has 106 valence electrons. The van der Waals surface area contributed by atoms with Gasteiger partial charge in [-0.15, -0.1) is 0 Å². The predicted molar refractivity (Wildman–Crippen MR) is 72.0 cm³/mol.